The van der Waals surface area contributed by atoms with Gasteiger partial charge in [-0.25, -0.2) is 14.2 Å². The summed E-state index contributed by atoms with van der Waals surface area (Å²) >= 11 is 0. The number of ether oxygens (including phenoxy) is 1. The van der Waals surface area contributed by atoms with Gasteiger partial charge >= 0.3 is 6.09 Å². The van der Waals surface area contributed by atoms with Gasteiger partial charge < -0.3 is 13.6 Å². The van der Waals surface area contributed by atoms with E-state index in [1.165, 1.54) is 23.3 Å². The van der Waals surface area contributed by atoms with Crippen molar-refractivity contribution in [2.45, 2.75) is 46.1 Å². The number of anilines is 1. The number of carbonyl (C=O) groups excluding carboxylic acids is 1. The van der Waals surface area contributed by atoms with Gasteiger partial charge in [-0.1, -0.05) is 20.8 Å². The molecule has 1 saturated heterocycles. The molecule has 3 rings (SSSR count). The number of benzene rings is 1. The van der Waals surface area contributed by atoms with Crippen molar-refractivity contribution in [3.8, 4) is 11.5 Å². The number of oxazole rings is 1. The van der Waals surface area contributed by atoms with Gasteiger partial charge in [0.2, 0.25) is 5.89 Å². The highest BCUT2D eigenvalue weighted by Gasteiger charge is 2.34. The van der Waals surface area contributed by atoms with Crippen LogP contribution < -0.4 is 4.90 Å². The first-order valence-electron chi connectivity index (χ1n) is 10.5. The predicted octanol–water partition coefficient (Wildman–Crippen LogP) is 3.87. The maximum Gasteiger partial charge on any atom is 0.414 e. The summed E-state index contributed by atoms with van der Waals surface area (Å²) in [4.78, 5) is 17.9. The Labute approximate surface area is 194 Å². The number of carbonyl (C=O) groups is 1. The number of nitrogens with zero attached hydrogens (tertiary/aromatic N) is 2. The normalized spacial score (nSPS) is 18.1. The molecule has 33 heavy (non-hydrogen) atoms. The van der Waals surface area contributed by atoms with Gasteiger partial charge in [0.05, 0.1) is 30.2 Å². The van der Waals surface area contributed by atoms with Gasteiger partial charge in [-0.15, -0.1) is 0 Å². The molecule has 0 N–H and O–H groups in total. The van der Waals surface area contributed by atoms with Gasteiger partial charge in [0.1, 0.15) is 30.5 Å². The molecule has 2 heterocycles. The summed E-state index contributed by atoms with van der Waals surface area (Å²) in [5, 5.41) is 0. The number of cyclic esters (lactones) is 1. The maximum absolute atomic E-state index is 15.0. The molecule has 9 nitrogen and oxygen atoms in total. The zero-order chi connectivity index (χ0) is 24.6. The average molecular weight is 501 g/mol. The average Bonchev–Trinajstić information content (AvgIpc) is 3.29. The van der Waals surface area contributed by atoms with E-state index in [0.717, 1.165) is 6.26 Å². The number of amides is 1. The Bertz CT molecular complexity index is 1110. The Hall–Kier alpha value is -2.28. The first kappa shape index (κ1) is 25.3. The molecule has 2 atom stereocenters. The zero-order valence-electron chi connectivity index (χ0n) is 19.5. The highest BCUT2D eigenvalue weighted by molar-refractivity contribution is 7.85. The summed E-state index contributed by atoms with van der Waals surface area (Å²) in [7, 11) is -5.03. The van der Waals surface area contributed by atoms with E-state index in [1.54, 1.807) is 6.07 Å². The lowest BCUT2D eigenvalue weighted by atomic mass is 9.87. The molecule has 0 radical (unpaired) electrons. The molecular formula is C21H29FN2O7SSi. The monoisotopic (exact) mass is 500 g/mol. The van der Waals surface area contributed by atoms with Crippen molar-refractivity contribution in [2.75, 3.05) is 24.3 Å². The Kier molecular flexibility index (Phi) is 7.32. The summed E-state index contributed by atoms with van der Waals surface area (Å²) in [5.41, 5.74) is 0.779. The van der Waals surface area contributed by atoms with Crippen molar-refractivity contribution >= 4 is 30.9 Å². The smallest absolute Gasteiger partial charge is 0.414 e. The van der Waals surface area contributed by atoms with E-state index in [0.29, 0.717) is 5.69 Å². The fourth-order valence-corrected chi connectivity index (χ4v) is 4.87. The van der Waals surface area contributed by atoms with Gasteiger partial charge in [0.25, 0.3) is 10.1 Å². The highest BCUT2D eigenvalue weighted by Crippen LogP contribution is 2.38. The van der Waals surface area contributed by atoms with Gasteiger partial charge in [-0.3, -0.25) is 9.08 Å². The van der Waals surface area contributed by atoms with E-state index in [1.807, 2.05) is 20.8 Å². The summed E-state index contributed by atoms with van der Waals surface area (Å²) in [5.74, 6) is -0.517. The molecule has 2 unspecified atom stereocenters. The fraction of sp³-hybridized carbons (Fsp3) is 0.524. The second kappa shape index (κ2) is 9.53. The number of halogens is 1. The predicted molar refractivity (Wildman–Crippen MR) is 122 cm³/mol. The third kappa shape index (κ3) is 6.40. The first-order valence-corrected chi connectivity index (χ1v) is 15.1. The number of hydrogen-bond acceptors (Lipinski definition) is 8. The molecule has 1 aliphatic heterocycles. The van der Waals surface area contributed by atoms with Crippen LogP contribution in [0, 0.1) is 11.2 Å². The molecule has 1 fully saturated rings. The topological polar surface area (TPSA) is 108 Å². The SMILES string of the molecule is C[SiH](C)OC(c1coc(-c2ccc(N3CC(COS(C)(=O)=O)OC3=O)cc2F)n1)C(C)(C)C. The minimum Gasteiger partial charge on any atom is -0.444 e. The lowest BCUT2D eigenvalue weighted by Gasteiger charge is -2.30. The van der Waals surface area contributed by atoms with Crippen LogP contribution in [0.2, 0.25) is 13.1 Å². The quantitative estimate of drug-likeness (QED) is 0.397. The van der Waals surface area contributed by atoms with Crippen LogP contribution in [0.3, 0.4) is 0 Å². The van der Waals surface area contributed by atoms with Crippen molar-refractivity contribution in [1.29, 1.82) is 0 Å². The van der Waals surface area contributed by atoms with Crippen molar-refractivity contribution < 1.29 is 35.4 Å². The number of aromatic nitrogens is 1. The van der Waals surface area contributed by atoms with Crippen LogP contribution in [0.5, 0.6) is 0 Å². The third-order valence-electron chi connectivity index (χ3n) is 4.82. The molecular weight excluding hydrogens is 471 g/mol. The van der Waals surface area contributed by atoms with Crippen molar-refractivity contribution in [2.24, 2.45) is 5.41 Å². The fourth-order valence-electron chi connectivity index (χ4n) is 3.38. The second-order valence-electron chi connectivity index (χ2n) is 9.28. The summed E-state index contributed by atoms with van der Waals surface area (Å²) in [6.45, 7) is 9.99. The number of rotatable bonds is 8. The first-order chi connectivity index (χ1) is 15.2. The lowest BCUT2D eigenvalue weighted by molar-refractivity contribution is 0.0826. The van der Waals surface area contributed by atoms with E-state index in [9.17, 15) is 17.6 Å². The molecule has 0 bridgehead atoms. The minimum absolute atomic E-state index is 0.0278. The van der Waals surface area contributed by atoms with Crippen molar-refractivity contribution in [3.63, 3.8) is 0 Å². The van der Waals surface area contributed by atoms with Crippen LogP contribution in [0.25, 0.3) is 11.5 Å². The molecule has 2 aromatic rings. The summed E-state index contributed by atoms with van der Waals surface area (Å²) < 4.78 is 58.7. The van der Waals surface area contributed by atoms with Crippen molar-refractivity contribution in [1.82, 2.24) is 4.98 Å². The van der Waals surface area contributed by atoms with Crippen LogP contribution in [-0.2, 0) is 23.5 Å². The highest BCUT2D eigenvalue weighted by atomic mass is 32.2. The molecule has 0 spiro atoms. The third-order valence-corrected chi connectivity index (χ3v) is 6.20. The Morgan fingerprint density at radius 1 is 1.33 bits per heavy atom. The summed E-state index contributed by atoms with van der Waals surface area (Å²) in [6.07, 6.45) is 0.604. The van der Waals surface area contributed by atoms with E-state index in [2.05, 4.69) is 22.3 Å². The van der Waals surface area contributed by atoms with Crippen LogP contribution >= 0.6 is 0 Å². The molecule has 0 saturated carbocycles. The minimum atomic E-state index is -3.67. The second-order valence-corrected chi connectivity index (χ2v) is 13.3. The van der Waals surface area contributed by atoms with Crippen molar-refractivity contribution in [3.05, 3.63) is 36.0 Å². The largest absolute Gasteiger partial charge is 0.444 e. The Morgan fingerprint density at radius 2 is 2.03 bits per heavy atom. The van der Waals surface area contributed by atoms with Crippen LogP contribution in [0.1, 0.15) is 32.6 Å². The lowest BCUT2D eigenvalue weighted by Crippen LogP contribution is -2.26. The van der Waals surface area contributed by atoms with Gasteiger partial charge in [0.15, 0.2) is 9.04 Å². The molecule has 0 aliphatic carbocycles. The van der Waals surface area contributed by atoms with E-state index < -0.39 is 37.2 Å². The van der Waals surface area contributed by atoms with Crippen LogP contribution in [0.4, 0.5) is 14.9 Å². The molecule has 1 aromatic heterocycles. The van der Waals surface area contributed by atoms with E-state index in [-0.39, 0.29) is 41.8 Å². The number of hydrogen-bond donors (Lipinski definition) is 0. The van der Waals surface area contributed by atoms with Crippen LogP contribution in [-0.4, -0.2) is 54.0 Å². The van der Waals surface area contributed by atoms with Crippen LogP contribution in [0.15, 0.2) is 28.9 Å². The summed E-state index contributed by atoms with van der Waals surface area (Å²) in [6, 6.07) is 4.19. The Balaban J connectivity index is 1.78. The molecule has 1 aromatic carbocycles. The standard InChI is InChI=1S/C21H29FN2O7SSi/c1-21(2,3)18(31-33(5)6)17-12-28-19(23-17)15-8-7-13(9-16(15)22)24-10-14(30-20(24)25)11-29-32(4,26)27/h7-9,12,14,18,33H,10-11H2,1-6H3. The molecule has 12 heteroatoms. The maximum atomic E-state index is 15.0. The molecule has 1 aliphatic rings. The van der Waals surface area contributed by atoms with E-state index in [4.69, 9.17) is 13.6 Å². The molecule has 182 valence electrons. The van der Waals surface area contributed by atoms with Gasteiger partial charge in [0, 0.05) is 0 Å². The Morgan fingerprint density at radius 3 is 2.61 bits per heavy atom. The van der Waals surface area contributed by atoms with Gasteiger partial charge in [-0.05, 0) is 36.7 Å². The van der Waals surface area contributed by atoms with Gasteiger partial charge in [-0.2, -0.15) is 8.42 Å². The molecule has 1 amide bonds. The van der Waals surface area contributed by atoms with E-state index >= 15 is 0 Å². The zero-order valence-corrected chi connectivity index (χ0v) is 21.5.